The van der Waals surface area contributed by atoms with Gasteiger partial charge in [0, 0.05) is 18.7 Å². The fourth-order valence-corrected chi connectivity index (χ4v) is 4.22. The summed E-state index contributed by atoms with van der Waals surface area (Å²) < 4.78 is 5.31. The van der Waals surface area contributed by atoms with E-state index in [1.54, 1.807) is 0 Å². The van der Waals surface area contributed by atoms with E-state index in [1.165, 1.54) is 36.0 Å². The summed E-state index contributed by atoms with van der Waals surface area (Å²) in [4.78, 5) is 12.4. The molecule has 1 saturated heterocycles. The molecule has 0 atom stereocenters. The molecule has 1 aromatic carbocycles. The number of carbonyl (C=O) groups excluding carboxylic acids is 1. The molecule has 1 N–H and O–H groups in total. The van der Waals surface area contributed by atoms with Crippen molar-refractivity contribution in [3.63, 3.8) is 0 Å². The second-order valence-electron chi connectivity index (χ2n) is 9.20. The van der Waals surface area contributed by atoms with Crippen LogP contribution in [0.2, 0.25) is 0 Å². The Morgan fingerprint density at radius 1 is 1.13 bits per heavy atom. The lowest BCUT2D eigenvalue weighted by molar-refractivity contribution is 0.0126. The van der Waals surface area contributed by atoms with Gasteiger partial charge in [0.25, 0.3) is 5.91 Å². The molecule has 1 aliphatic carbocycles. The predicted octanol–water partition coefficient (Wildman–Crippen LogP) is 5.71. The zero-order valence-electron chi connectivity index (χ0n) is 19.4. The van der Waals surface area contributed by atoms with E-state index in [9.17, 15) is 4.79 Å². The standard InChI is InChI=1S/C27H36N2O2/c1-21(10-15-25-22(2)8-6-16-27(25,3)4)7-5-9-23-11-13-24(14-12-23)26(30)28-29-17-19-31-20-18-29/h5,7,9-15H,6,8,16-20H2,1-4H3,(H,28,30). The average Bonchev–Trinajstić information content (AvgIpc) is 2.74. The van der Waals surface area contributed by atoms with Crippen LogP contribution in [0.25, 0.3) is 6.08 Å². The maximum Gasteiger partial charge on any atom is 0.265 e. The molecule has 1 amide bonds. The molecule has 2 aliphatic rings. The molecule has 0 aromatic heterocycles. The molecule has 1 aliphatic heterocycles. The molecule has 1 aromatic rings. The van der Waals surface area contributed by atoms with Gasteiger partial charge in [-0.3, -0.25) is 10.2 Å². The van der Waals surface area contributed by atoms with Gasteiger partial charge in [0.05, 0.1) is 13.2 Å². The minimum atomic E-state index is -0.0754. The summed E-state index contributed by atoms with van der Waals surface area (Å²) in [7, 11) is 0. The van der Waals surface area contributed by atoms with E-state index < -0.39 is 0 Å². The van der Waals surface area contributed by atoms with E-state index >= 15 is 0 Å². The average molecular weight is 421 g/mol. The Kier molecular flexibility index (Phi) is 8.05. The highest BCUT2D eigenvalue weighted by molar-refractivity contribution is 5.94. The number of nitrogens with zero attached hydrogens (tertiary/aromatic N) is 1. The molecular formula is C27H36N2O2. The van der Waals surface area contributed by atoms with Crippen LogP contribution < -0.4 is 5.43 Å². The number of hydrogen-bond acceptors (Lipinski definition) is 3. The van der Waals surface area contributed by atoms with E-state index in [0.29, 0.717) is 18.8 Å². The van der Waals surface area contributed by atoms with Gasteiger partial charge in [0.1, 0.15) is 0 Å². The van der Waals surface area contributed by atoms with Crippen molar-refractivity contribution in [3.8, 4) is 0 Å². The minimum Gasteiger partial charge on any atom is -0.379 e. The Balaban J connectivity index is 1.56. The Bertz CT molecular complexity index is 882. The quantitative estimate of drug-likeness (QED) is 0.600. The lowest BCUT2D eigenvalue weighted by atomic mass is 9.72. The highest BCUT2D eigenvalue weighted by Crippen LogP contribution is 2.40. The van der Waals surface area contributed by atoms with Crippen LogP contribution in [0.15, 0.2) is 65.3 Å². The van der Waals surface area contributed by atoms with Crippen molar-refractivity contribution < 1.29 is 9.53 Å². The summed E-state index contributed by atoms with van der Waals surface area (Å²) in [6.07, 6.45) is 14.5. The predicted molar refractivity (Wildman–Crippen MR) is 129 cm³/mol. The van der Waals surface area contributed by atoms with Gasteiger partial charge >= 0.3 is 0 Å². The van der Waals surface area contributed by atoms with Gasteiger partial charge in [-0.1, -0.05) is 67.5 Å². The molecule has 0 unspecified atom stereocenters. The maximum atomic E-state index is 12.4. The fourth-order valence-electron chi connectivity index (χ4n) is 4.22. The third kappa shape index (κ3) is 6.78. The van der Waals surface area contributed by atoms with Crippen LogP contribution in [-0.4, -0.2) is 37.2 Å². The number of ether oxygens (including phenoxy) is 1. The van der Waals surface area contributed by atoms with Crippen LogP contribution >= 0.6 is 0 Å². The van der Waals surface area contributed by atoms with Crippen molar-refractivity contribution in [1.29, 1.82) is 0 Å². The first-order chi connectivity index (χ1) is 14.8. The normalized spacial score (nSPS) is 20.6. The molecule has 4 heteroatoms. The molecule has 0 saturated carbocycles. The Labute approximate surface area is 187 Å². The lowest BCUT2D eigenvalue weighted by Crippen LogP contribution is -2.48. The summed E-state index contributed by atoms with van der Waals surface area (Å²) in [6, 6.07) is 7.68. The number of amides is 1. The van der Waals surface area contributed by atoms with Crippen molar-refractivity contribution in [1.82, 2.24) is 10.4 Å². The third-order valence-electron chi connectivity index (χ3n) is 6.15. The number of allylic oxidation sites excluding steroid dienone is 7. The van der Waals surface area contributed by atoms with E-state index in [0.717, 1.165) is 18.7 Å². The van der Waals surface area contributed by atoms with Gasteiger partial charge in [-0.05, 0) is 61.8 Å². The maximum absolute atomic E-state index is 12.4. The van der Waals surface area contributed by atoms with Crippen LogP contribution in [-0.2, 0) is 4.74 Å². The van der Waals surface area contributed by atoms with E-state index in [-0.39, 0.29) is 11.3 Å². The molecular weight excluding hydrogens is 384 g/mol. The number of morpholine rings is 1. The summed E-state index contributed by atoms with van der Waals surface area (Å²) in [6.45, 7) is 11.8. The number of benzene rings is 1. The van der Waals surface area contributed by atoms with Crippen LogP contribution in [0.3, 0.4) is 0 Å². The molecule has 0 radical (unpaired) electrons. The Hall–Kier alpha value is -2.43. The van der Waals surface area contributed by atoms with Crippen LogP contribution in [0.4, 0.5) is 0 Å². The number of carbonyl (C=O) groups is 1. The van der Waals surface area contributed by atoms with E-state index in [2.05, 4.69) is 63.5 Å². The van der Waals surface area contributed by atoms with Crippen molar-refractivity contribution in [2.45, 2.75) is 47.0 Å². The Morgan fingerprint density at radius 3 is 2.52 bits per heavy atom. The molecule has 3 rings (SSSR count). The van der Waals surface area contributed by atoms with Crippen molar-refractivity contribution in [2.24, 2.45) is 5.41 Å². The number of hydrogen-bond donors (Lipinski definition) is 1. The third-order valence-corrected chi connectivity index (χ3v) is 6.15. The topological polar surface area (TPSA) is 41.6 Å². The lowest BCUT2D eigenvalue weighted by Gasteiger charge is -2.32. The molecule has 0 spiro atoms. The summed E-state index contributed by atoms with van der Waals surface area (Å²) in [5, 5.41) is 1.91. The van der Waals surface area contributed by atoms with E-state index in [1.807, 2.05) is 29.3 Å². The van der Waals surface area contributed by atoms with Crippen LogP contribution in [0.5, 0.6) is 0 Å². The zero-order chi connectivity index (χ0) is 22.3. The van der Waals surface area contributed by atoms with Gasteiger partial charge in [0.15, 0.2) is 0 Å². The summed E-state index contributed by atoms with van der Waals surface area (Å²) in [5.74, 6) is -0.0754. The van der Waals surface area contributed by atoms with Gasteiger partial charge in [-0.25, -0.2) is 5.01 Å². The van der Waals surface area contributed by atoms with Gasteiger partial charge in [-0.2, -0.15) is 0 Å². The number of nitrogens with one attached hydrogen (secondary N) is 1. The van der Waals surface area contributed by atoms with E-state index in [4.69, 9.17) is 4.74 Å². The first-order valence-corrected chi connectivity index (χ1v) is 11.3. The molecule has 1 heterocycles. The van der Waals surface area contributed by atoms with Gasteiger partial charge in [-0.15, -0.1) is 0 Å². The molecule has 1 fully saturated rings. The molecule has 0 bridgehead atoms. The van der Waals surface area contributed by atoms with Crippen molar-refractivity contribution in [2.75, 3.05) is 26.3 Å². The zero-order valence-corrected chi connectivity index (χ0v) is 19.4. The summed E-state index contributed by atoms with van der Waals surface area (Å²) in [5.41, 5.74) is 9.17. The second kappa shape index (κ2) is 10.7. The smallest absolute Gasteiger partial charge is 0.265 e. The highest BCUT2D eigenvalue weighted by Gasteiger charge is 2.26. The van der Waals surface area contributed by atoms with Crippen molar-refractivity contribution >= 4 is 12.0 Å². The first kappa shape index (κ1) is 23.2. The van der Waals surface area contributed by atoms with Crippen molar-refractivity contribution in [3.05, 3.63) is 76.4 Å². The largest absolute Gasteiger partial charge is 0.379 e. The highest BCUT2D eigenvalue weighted by atomic mass is 16.5. The molecule has 166 valence electrons. The van der Waals surface area contributed by atoms with Crippen LogP contribution in [0, 0.1) is 5.41 Å². The molecule has 4 nitrogen and oxygen atoms in total. The fraction of sp³-hybridized carbons (Fsp3) is 0.444. The second-order valence-corrected chi connectivity index (χ2v) is 9.20. The molecule has 31 heavy (non-hydrogen) atoms. The SMILES string of the molecule is CC(C=CC1=C(C)CCCC1(C)C)=CC=Cc1ccc(C(=O)NN2CCOCC2)cc1. The monoisotopic (exact) mass is 420 g/mol. The van der Waals surface area contributed by atoms with Gasteiger partial charge < -0.3 is 4.74 Å². The first-order valence-electron chi connectivity index (χ1n) is 11.3. The number of rotatable bonds is 6. The van der Waals surface area contributed by atoms with Crippen LogP contribution in [0.1, 0.15) is 62.9 Å². The summed E-state index contributed by atoms with van der Waals surface area (Å²) >= 11 is 0. The number of hydrazine groups is 1. The minimum absolute atomic E-state index is 0.0754. The van der Waals surface area contributed by atoms with Gasteiger partial charge in [0.2, 0.25) is 0 Å². The Morgan fingerprint density at radius 2 is 1.84 bits per heavy atom.